The SMILES string of the molecule is Brc1ccc(C(CCc2ccsc2)CNC2CC2)cc1. The third-order valence-electron chi connectivity index (χ3n) is 3.93. The summed E-state index contributed by atoms with van der Waals surface area (Å²) in [4.78, 5) is 0. The number of nitrogens with one attached hydrogen (secondary N) is 1. The molecule has 1 nitrogen and oxygen atoms in total. The summed E-state index contributed by atoms with van der Waals surface area (Å²) >= 11 is 5.32. The monoisotopic (exact) mass is 349 g/mol. The molecule has 20 heavy (non-hydrogen) atoms. The molecule has 1 aliphatic carbocycles. The van der Waals surface area contributed by atoms with E-state index in [0.29, 0.717) is 5.92 Å². The van der Waals surface area contributed by atoms with Crippen molar-refractivity contribution in [2.24, 2.45) is 0 Å². The first-order valence-electron chi connectivity index (χ1n) is 7.31. The molecule has 1 N–H and O–H groups in total. The van der Waals surface area contributed by atoms with E-state index in [1.807, 2.05) is 0 Å². The lowest BCUT2D eigenvalue weighted by molar-refractivity contribution is 0.548. The highest BCUT2D eigenvalue weighted by atomic mass is 79.9. The van der Waals surface area contributed by atoms with E-state index in [9.17, 15) is 0 Å². The second kappa shape index (κ2) is 6.88. The Balaban J connectivity index is 1.63. The van der Waals surface area contributed by atoms with Gasteiger partial charge in [0.25, 0.3) is 0 Å². The summed E-state index contributed by atoms with van der Waals surface area (Å²) in [5.74, 6) is 0.614. The van der Waals surface area contributed by atoms with Crippen molar-refractivity contribution >= 4 is 27.3 Å². The van der Waals surface area contributed by atoms with Gasteiger partial charge < -0.3 is 5.32 Å². The van der Waals surface area contributed by atoms with Crippen LogP contribution in [0.1, 0.15) is 36.3 Å². The van der Waals surface area contributed by atoms with Crippen LogP contribution in [0.5, 0.6) is 0 Å². The summed E-state index contributed by atoms with van der Waals surface area (Å²) in [6.07, 6.45) is 5.11. The highest BCUT2D eigenvalue weighted by molar-refractivity contribution is 9.10. The molecular weight excluding hydrogens is 330 g/mol. The molecule has 0 aliphatic heterocycles. The molecule has 0 amide bonds. The molecule has 1 aliphatic rings. The summed E-state index contributed by atoms with van der Waals surface area (Å²) in [6, 6.07) is 11.9. The Morgan fingerprint density at radius 2 is 2.00 bits per heavy atom. The second-order valence-electron chi connectivity index (χ2n) is 5.60. The summed E-state index contributed by atoms with van der Waals surface area (Å²) in [5.41, 5.74) is 2.93. The number of hydrogen-bond donors (Lipinski definition) is 1. The summed E-state index contributed by atoms with van der Waals surface area (Å²) in [7, 11) is 0. The Kier molecular flexibility index (Phi) is 4.92. The largest absolute Gasteiger partial charge is 0.313 e. The zero-order valence-electron chi connectivity index (χ0n) is 11.5. The van der Waals surface area contributed by atoms with Crippen molar-refractivity contribution < 1.29 is 0 Å². The molecule has 3 rings (SSSR count). The lowest BCUT2D eigenvalue weighted by atomic mass is 9.93. The molecule has 1 saturated carbocycles. The van der Waals surface area contributed by atoms with Crippen molar-refractivity contribution in [2.45, 2.75) is 37.6 Å². The zero-order valence-corrected chi connectivity index (χ0v) is 13.9. The van der Waals surface area contributed by atoms with Crippen LogP contribution in [-0.4, -0.2) is 12.6 Å². The van der Waals surface area contributed by atoms with E-state index in [1.54, 1.807) is 11.3 Å². The van der Waals surface area contributed by atoms with Crippen LogP contribution in [0.2, 0.25) is 0 Å². The van der Waals surface area contributed by atoms with Gasteiger partial charge >= 0.3 is 0 Å². The molecule has 0 saturated heterocycles. The maximum atomic E-state index is 3.69. The van der Waals surface area contributed by atoms with Gasteiger partial charge in [-0.15, -0.1) is 0 Å². The van der Waals surface area contributed by atoms with Gasteiger partial charge in [0.15, 0.2) is 0 Å². The Hall–Kier alpha value is -0.640. The Labute approximate surface area is 133 Å². The predicted octanol–water partition coefficient (Wildman–Crippen LogP) is 4.98. The van der Waals surface area contributed by atoms with Gasteiger partial charge in [-0.3, -0.25) is 0 Å². The van der Waals surface area contributed by atoms with E-state index in [0.717, 1.165) is 17.1 Å². The molecule has 3 heteroatoms. The average Bonchev–Trinajstić information content (AvgIpc) is 3.14. The van der Waals surface area contributed by atoms with Gasteiger partial charge in [0.05, 0.1) is 0 Å². The van der Waals surface area contributed by atoms with E-state index >= 15 is 0 Å². The first kappa shape index (κ1) is 14.3. The van der Waals surface area contributed by atoms with E-state index in [-0.39, 0.29) is 0 Å². The number of hydrogen-bond acceptors (Lipinski definition) is 2. The molecule has 1 aromatic carbocycles. The van der Waals surface area contributed by atoms with Gasteiger partial charge in [-0.05, 0) is 71.7 Å². The first-order chi connectivity index (χ1) is 9.81. The Bertz CT molecular complexity index is 516. The van der Waals surface area contributed by atoms with E-state index in [4.69, 9.17) is 0 Å². The van der Waals surface area contributed by atoms with Crippen LogP contribution in [-0.2, 0) is 6.42 Å². The van der Waals surface area contributed by atoms with Crippen molar-refractivity contribution in [2.75, 3.05) is 6.54 Å². The number of thiophene rings is 1. The normalized spacial score (nSPS) is 16.2. The predicted molar refractivity (Wildman–Crippen MR) is 90.5 cm³/mol. The average molecular weight is 350 g/mol. The molecule has 1 unspecified atom stereocenters. The van der Waals surface area contributed by atoms with Crippen LogP contribution < -0.4 is 5.32 Å². The van der Waals surface area contributed by atoms with Crippen LogP contribution in [0.25, 0.3) is 0 Å². The fourth-order valence-corrected chi connectivity index (χ4v) is 3.46. The van der Waals surface area contributed by atoms with Crippen LogP contribution in [0, 0.1) is 0 Å². The molecule has 1 fully saturated rings. The lowest BCUT2D eigenvalue weighted by Crippen LogP contribution is -2.24. The number of benzene rings is 1. The number of halogens is 1. The first-order valence-corrected chi connectivity index (χ1v) is 9.05. The fraction of sp³-hybridized carbons (Fsp3) is 0.412. The van der Waals surface area contributed by atoms with Gasteiger partial charge in [0, 0.05) is 17.1 Å². The minimum Gasteiger partial charge on any atom is -0.313 e. The lowest BCUT2D eigenvalue weighted by Gasteiger charge is -2.18. The van der Waals surface area contributed by atoms with Gasteiger partial charge in [0.2, 0.25) is 0 Å². The van der Waals surface area contributed by atoms with Gasteiger partial charge in [-0.2, -0.15) is 11.3 Å². The maximum Gasteiger partial charge on any atom is 0.0175 e. The van der Waals surface area contributed by atoms with Crippen molar-refractivity contribution in [3.63, 3.8) is 0 Å². The van der Waals surface area contributed by atoms with Crippen molar-refractivity contribution in [1.29, 1.82) is 0 Å². The van der Waals surface area contributed by atoms with E-state index in [2.05, 4.69) is 62.3 Å². The van der Waals surface area contributed by atoms with Crippen molar-refractivity contribution in [3.05, 3.63) is 56.7 Å². The van der Waals surface area contributed by atoms with Gasteiger partial charge in [0.1, 0.15) is 0 Å². The maximum absolute atomic E-state index is 3.69. The molecule has 106 valence electrons. The minimum atomic E-state index is 0.614. The molecule has 1 atom stereocenters. The summed E-state index contributed by atoms with van der Waals surface area (Å²) in [5, 5.41) is 8.13. The fourth-order valence-electron chi connectivity index (χ4n) is 2.49. The van der Waals surface area contributed by atoms with Crippen LogP contribution in [0.3, 0.4) is 0 Å². The van der Waals surface area contributed by atoms with E-state index < -0.39 is 0 Å². The topological polar surface area (TPSA) is 12.0 Å². The van der Waals surface area contributed by atoms with Crippen LogP contribution >= 0.6 is 27.3 Å². The van der Waals surface area contributed by atoms with Crippen molar-refractivity contribution in [1.82, 2.24) is 5.32 Å². The van der Waals surface area contributed by atoms with Gasteiger partial charge in [-0.1, -0.05) is 28.1 Å². The Morgan fingerprint density at radius 1 is 1.20 bits per heavy atom. The minimum absolute atomic E-state index is 0.614. The molecule has 2 aromatic rings. The van der Waals surface area contributed by atoms with Crippen molar-refractivity contribution in [3.8, 4) is 0 Å². The Morgan fingerprint density at radius 3 is 2.65 bits per heavy atom. The summed E-state index contributed by atoms with van der Waals surface area (Å²) < 4.78 is 1.16. The third-order valence-corrected chi connectivity index (χ3v) is 5.19. The molecule has 0 radical (unpaired) electrons. The van der Waals surface area contributed by atoms with Crippen LogP contribution in [0.15, 0.2) is 45.6 Å². The molecule has 1 aromatic heterocycles. The molecular formula is C17H20BrNS. The summed E-state index contributed by atoms with van der Waals surface area (Å²) in [6.45, 7) is 1.11. The zero-order chi connectivity index (χ0) is 13.8. The molecule has 0 spiro atoms. The number of rotatable bonds is 7. The second-order valence-corrected chi connectivity index (χ2v) is 7.30. The molecule has 1 heterocycles. The smallest absolute Gasteiger partial charge is 0.0175 e. The number of aryl methyl sites for hydroxylation is 1. The standard InChI is InChI=1S/C17H20BrNS/c18-16-5-3-14(4-6-16)15(11-19-17-7-8-17)2-1-13-9-10-20-12-13/h3-6,9-10,12,15,17,19H,1-2,7-8,11H2. The highest BCUT2D eigenvalue weighted by Gasteiger charge is 2.22. The van der Waals surface area contributed by atoms with Gasteiger partial charge in [-0.25, -0.2) is 0 Å². The molecule has 0 bridgehead atoms. The van der Waals surface area contributed by atoms with E-state index in [1.165, 1.54) is 36.8 Å². The quantitative estimate of drug-likeness (QED) is 0.743. The van der Waals surface area contributed by atoms with Crippen LogP contribution in [0.4, 0.5) is 0 Å². The highest BCUT2D eigenvalue weighted by Crippen LogP contribution is 2.26. The third kappa shape index (κ3) is 4.18.